The van der Waals surface area contributed by atoms with Gasteiger partial charge in [-0.15, -0.1) is 0 Å². The van der Waals surface area contributed by atoms with E-state index in [0.29, 0.717) is 0 Å². The maximum Gasteiger partial charge on any atom is 0.335 e. The molecule has 2 rings (SSSR count). The molecular formula is C15H25NO7. The van der Waals surface area contributed by atoms with Gasteiger partial charge in [0.05, 0.1) is 11.7 Å². The lowest BCUT2D eigenvalue weighted by molar-refractivity contribution is -0.165. The summed E-state index contributed by atoms with van der Waals surface area (Å²) in [5.74, 6) is -3.54. The van der Waals surface area contributed by atoms with E-state index in [1.165, 1.54) is 31.5 Å². The summed E-state index contributed by atoms with van der Waals surface area (Å²) in [7, 11) is 2.18. The average molecular weight is 331 g/mol. The van der Waals surface area contributed by atoms with Gasteiger partial charge in [-0.2, -0.15) is 0 Å². The number of aliphatic hydroxyl groups is 2. The SMILES string of the molecule is C=C1CC2(CCN(C)CC2)O[C@H]1C.O=C(O)[C@H](O)[C@@H](O)C(=O)O. The summed E-state index contributed by atoms with van der Waals surface area (Å²) in [5.41, 5.74) is 1.44. The number of hydrogen-bond acceptors (Lipinski definition) is 6. The van der Waals surface area contributed by atoms with E-state index in [0.717, 1.165) is 6.42 Å². The molecule has 2 fully saturated rings. The van der Waals surface area contributed by atoms with Crippen LogP contribution in [0.5, 0.6) is 0 Å². The van der Waals surface area contributed by atoms with Crippen molar-refractivity contribution in [2.75, 3.05) is 20.1 Å². The first kappa shape index (κ1) is 19.6. The molecule has 0 radical (unpaired) electrons. The predicted octanol–water partition coefficient (Wildman–Crippen LogP) is -0.307. The molecule has 0 amide bonds. The summed E-state index contributed by atoms with van der Waals surface area (Å²) >= 11 is 0. The maximum atomic E-state index is 9.77. The first-order chi connectivity index (χ1) is 10.6. The van der Waals surface area contributed by atoms with Gasteiger partial charge in [0.1, 0.15) is 0 Å². The highest BCUT2D eigenvalue weighted by Gasteiger charge is 2.42. The fourth-order valence-electron chi connectivity index (χ4n) is 2.65. The Labute approximate surface area is 135 Å². The highest BCUT2D eigenvalue weighted by molar-refractivity contribution is 5.83. The van der Waals surface area contributed by atoms with Crippen molar-refractivity contribution in [2.24, 2.45) is 0 Å². The van der Waals surface area contributed by atoms with Gasteiger partial charge in [-0.1, -0.05) is 6.58 Å². The van der Waals surface area contributed by atoms with Gasteiger partial charge < -0.3 is 30.1 Å². The maximum absolute atomic E-state index is 9.77. The third-order valence-corrected chi connectivity index (χ3v) is 4.25. The molecule has 2 aliphatic rings. The zero-order valence-electron chi connectivity index (χ0n) is 13.4. The highest BCUT2D eigenvalue weighted by Crippen LogP contribution is 2.40. The van der Waals surface area contributed by atoms with Crippen LogP contribution in [-0.4, -0.2) is 81.3 Å². The van der Waals surface area contributed by atoms with Crippen LogP contribution in [0.1, 0.15) is 26.2 Å². The zero-order chi connectivity index (χ0) is 17.8. The number of ether oxygens (including phenoxy) is 1. The molecule has 2 heterocycles. The van der Waals surface area contributed by atoms with Crippen LogP contribution in [0, 0.1) is 0 Å². The lowest BCUT2D eigenvalue weighted by atomic mass is 9.87. The minimum absolute atomic E-state index is 0.156. The Morgan fingerprint density at radius 1 is 1.22 bits per heavy atom. The lowest BCUT2D eigenvalue weighted by Crippen LogP contribution is -2.42. The van der Waals surface area contributed by atoms with Crippen LogP contribution in [0.4, 0.5) is 0 Å². The van der Waals surface area contributed by atoms with Crippen molar-refractivity contribution in [2.45, 2.75) is 50.1 Å². The third kappa shape index (κ3) is 5.28. The molecule has 0 aromatic heterocycles. The Morgan fingerprint density at radius 2 is 1.65 bits per heavy atom. The first-order valence-electron chi connectivity index (χ1n) is 7.44. The van der Waals surface area contributed by atoms with Gasteiger partial charge in [-0.05, 0) is 38.8 Å². The van der Waals surface area contributed by atoms with Gasteiger partial charge in [-0.3, -0.25) is 0 Å². The molecule has 0 aromatic carbocycles. The summed E-state index contributed by atoms with van der Waals surface area (Å²) < 4.78 is 6.02. The number of carbonyl (C=O) groups is 2. The standard InChI is InChI=1S/C11H19NO.C4H6O6/c1-9-8-11(13-10(9)2)4-6-12(3)7-5-11;5-1(3(7)8)2(6)4(9)10/h10H,1,4-8H2,2-3H3;1-2,5-6H,(H,7,8)(H,9,10)/t10-;1-,2-/m01/s1. The van der Waals surface area contributed by atoms with Gasteiger partial charge >= 0.3 is 11.9 Å². The van der Waals surface area contributed by atoms with E-state index < -0.39 is 24.1 Å². The number of likely N-dealkylation sites (tertiary alicyclic amines) is 1. The van der Waals surface area contributed by atoms with E-state index in [9.17, 15) is 9.59 Å². The summed E-state index contributed by atoms with van der Waals surface area (Å²) in [6, 6.07) is 0. The highest BCUT2D eigenvalue weighted by atomic mass is 16.5. The van der Waals surface area contributed by atoms with Gasteiger partial charge in [0.2, 0.25) is 0 Å². The molecule has 1 spiro atoms. The molecule has 132 valence electrons. The zero-order valence-corrected chi connectivity index (χ0v) is 13.4. The summed E-state index contributed by atoms with van der Waals surface area (Å²) in [5, 5.41) is 32.5. The minimum atomic E-state index is -2.27. The molecule has 3 atom stereocenters. The van der Waals surface area contributed by atoms with Gasteiger partial charge in [-0.25, -0.2) is 9.59 Å². The van der Waals surface area contributed by atoms with Crippen molar-refractivity contribution in [1.29, 1.82) is 0 Å². The average Bonchev–Trinajstić information content (AvgIpc) is 2.76. The molecular weight excluding hydrogens is 306 g/mol. The van der Waals surface area contributed by atoms with Crippen LogP contribution < -0.4 is 0 Å². The first-order valence-corrected chi connectivity index (χ1v) is 7.44. The second-order valence-electron chi connectivity index (χ2n) is 6.15. The van der Waals surface area contributed by atoms with Gasteiger partial charge in [0.25, 0.3) is 0 Å². The summed E-state index contributed by atoms with van der Waals surface area (Å²) in [4.78, 5) is 21.9. The Bertz CT molecular complexity index is 439. The quantitative estimate of drug-likeness (QED) is 0.519. The molecule has 0 bridgehead atoms. The Hall–Kier alpha value is -1.48. The second kappa shape index (κ2) is 7.87. The minimum Gasteiger partial charge on any atom is -0.479 e. The summed E-state index contributed by atoms with van der Waals surface area (Å²) in [6.45, 7) is 8.52. The normalized spacial score (nSPS) is 26.3. The van der Waals surface area contributed by atoms with Crippen LogP contribution in [-0.2, 0) is 14.3 Å². The molecule has 23 heavy (non-hydrogen) atoms. The number of aliphatic hydroxyl groups excluding tert-OH is 2. The lowest BCUT2D eigenvalue weighted by Gasteiger charge is -2.37. The van der Waals surface area contributed by atoms with E-state index in [1.54, 1.807) is 0 Å². The summed E-state index contributed by atoms with van der Waals surface area (Å²) in [6.07, 6.45) is -0.819. The Kier molecular flexibility index (Phi) is 6.69. The third-order valence-electron chi connectivity index (χ3n) is 4.25. The van der Waals surface area contributed by atoms with Crippen LogP contribution in [0.2, 0.25) is 0 Å². The van der Waals surface area contributed by atoms with E-state index in [4.69, 9.17) is 25.2 Å². The van der Waals surface area contributed by atoms with Crippen LogP contribution in [0.25, 0.3) is 0 Å². The molecule has 0 aromatic rings. The van der Waals surface area contributed by atoms with E-state index >= 15 is 0 Å². The number of aliphatic carboxylic acids is 2. The van der Waals surface area contributed by atoms with E-state index in [-0.39, 0.29) is 11.7 Å². The molecule has 2 saturated heterocycles. The van der Waals surface area contributed by atoms with Crippen LogP contribution >= 0.6 is 0 Å². The predicted molar refractivity (Wildman–Crippen MR) is 81.1 cm³/mol. The molecule has 8 heteroatoms. The van der Waals surface area contributed by atoms with E-state index in [2.05, 4.69) is 25.5 Å². The van der Waals surface area contributed by atoms with E-state index in [1.807, 2.05) is 0 Å². The number of rotatable bonds is 3. The van der Waals surface area contributed by atoms with Crippen molar-refractivity contribution in [3.05, 3.63) is 12.2 Å². The van der Waals surface area contributed by atoms with Crippen molar-refractivity contribution < 1.29 is 34.8 Å². The molecule has 0 saturated carbocycles. The van der Waals surface area contributed by atoms with Crippen LogP contribution in [0.3, 0.4) is 0 Å². The molecule has 0 aliphatic carbocycles. The van der Waals surface area contributed by atoms with Crippen molar-refractivity contribution in [3.63, 3.8) is 0 Å². The Morgan fingerprint density at radius 3 is 1.96 bits per heavy atom. The molecule has 8 nitrogen and oxygen atoms in total. The topological polar surface area (TPSA) is 128 Å². The smallest absolute Gasteiger partial charge is 0.335 e. The number of carboxylic acid groups (broad SMARTS) is 2. The fourth-order valence-corrected chi connectivity index (χ4v) is 2.65. The molecule has 2 aliphatic heterocycles. The van der Waals surface area contributed by atoms with Crippen LogP contribution in [0.15, 0.2) is 12.2 Å². The number of carboxylic acids is 2. The Balaban J connectivity index is 0.000000241. The number of nitrogens with zero attached hydrogens (tertiary/aromatic N) is 1. The van der Waals surface area contributed by atoms with Crippen molar-refractivity contribution in [3.8, 4) is 0 Å². The monoisotopic (exact) mass is 331 g/mol. The molecule has 4 N–H and O–H groups in total. The van der Waals surface area contributed by atoms with Gasteiger partial charge in [0, 0.05) is 13.1 Å². The largest absolute Gasteiger partial charge is 0.479 e. The number of piperidine rings is 1. The van der Waals surface area contributed by atoms with Gasteiger partial charge in [0.15, 0.2) is 12.2 Å². The fraction of sp³-hybridized carbons (Fsp3) is 0.733. The number of hydrogen-bond donors (Lipinski definition) is 4. The van der Waals surface area contributed by atoms with Crippen molar-refractivity contribution in [1.82, 2.24) is 4.90 Å². The van der Waals surface area contributed by atoms with Crippen molar-refractivity contribution >= 4 is 11.9 Å². The second-order valence-corrected chi connectivity index (χ2v) is 6.15. The molecule has 0 unspecified atom stereocenters.